The highest BCUT2D eigenvalue weighted by Crippen LogP contribution is 2.14. The molecular weight excluding hydrogens is 390 g/mol. The Hall–Kier alpha value is -2.41. The molecule has 3 rings (SSSR count). The maximum Gasteiger partial charge on any atom is 0.234 e. The van der Waals surface area contributed by atoms with Gasteiger partial charge in [0.2, 0.25) is 5.91 Å². The van der Waals surface area contributed by atoms with E-state index in [1.807, 2.05) is 30.3 Å². The SMILES string of the molecule is COc1ccc(CCC(O)CN2CCN(CC(=O)NCCc3ccccc3)CC2)cc1. The van der Waals surface area contributed by atoms with Crippen LogP contribution in [0.15, 0.2) is 54.6 Å². The van der Waals surface area contributed by atoms with E-state index in [2.05, 4.69) is 39.4 Å². The lowest BCUT2D eigenvalue weighted by Gasteiger charge is -2.35. The van der Waals surface area contributed by atoms with Crippen LogP contribution < -0.4 is 10.1 Å². The van der Waals surface area contributed by atoms with Crippen molar-refractivity contribution in [2.75, 3.05) is 52.9 Å². The number of aryl methyl sites for hydroxylation is 1. The summed E-state index contributed by atoms with van der Waals surface area (Å²) in [5.41, 5.74) is 2.45. The number of nitrogens with one attached hydrogen (secondary N) is 1. The maximum atomic E-state index is 12.2. The van der Waals surface area contributed by atoms with E-state index < -0.39 is 0 Å². The van der Waals surface area contributed by atoms with E-state index in [9.17, 15) is 9.90 Å². The zero-order valence-electron chi connectivity index (χ0n) is 18.5. The Kier molecular flexibility index (Phi) is 9.34. The van der Waals surface area contributed by atoms with Gasteiger partial charge >= 0.3 is 0 Å². The number of β-amino-alcohol motifs (C(OH)–C–C–N with tert-alkyl or cyclic N) is 1. The number of rotatable bonds is 11. The molecule has 1 atom stereocenters. The molecule has 31 heavy (non-hydrogen) atoms. The minimum atomic E-state index is -0.338. The van der Waals surface area contributed by atoms with Gasteiger partial charge < -0.3 is 15.2 Å². The van der Waals surface area contributed by atoms with Crippen molar-refractivity contribution in [2.45, 2.75) is 25.4 Å². The summed E-state index contributed by atoms with van der Waals surface area (Å²) in [6.07, 6.45) is 2.12. The van der Waals surface area contributed by atoms with E-state index in [-0.39, 0.29) is 12.0 Å². The summed E-state index contributed by atoms with van der Waals surface area (Å²) >= 11 is 0. The predicted molar refractivity (Wildman–Crippen MR) is 123 cm³/mol. The fourth-order valence-electron chi connectivity index (χ4n) is 3.89. The number of carbonyl (C=O) groups is 1. The van der Waals surface area contributed by atoms with Gasteiger partial charge in [0, 0.05) is 39.3 Å². The molecule has 0 aromatic heterocycles. The first kappa shape index (κ1) is 23.3. The molecule has 0 bridgehead atoms. The van der Waals surface area contributed by atoms with Crippen LogP contribution in [0, 0.1) is 0 Å². The zero-order valence-corrected chi connectivity index (χ0v) is 18.5. The third-order valence-electron chi connectivity index (χ3n) is 5.81. The molecule has 168 valence electrons. The summed E-state index contributed by atoms with van der Waals surface area (Å²) < 4.78 is 5.18. The molecule has 1 unspecified atom stereocenters. The molecule has 0 saturated carbocycles. The summed E-state index contributed by atoms with van der Waals surface area (Å²) in [4.78, 5) is 16.7. The Morgan fingerprint density at radius 1 is 0.968 bits per heavy atom. The second-order valence-electron chi connectivity index (χ2n) is 8.20. The van der Waals surface area contributed by atoms with Gasteiger partial charge in [-0.15, -0.1) is 0 Å². The lowest BCUT2D eigenvalue weighted by Crippen LogP contribution is -2.51. The molecule has 1 fully saturated rings. The summed E-state index contributed by atoms with van der Waals surface area (Å²) in [6, 6.07) is 18.2. The van der Waals surface area contributed by atoms with Gasteiger partial charge in [0.05, 0.1) is 19.8 Å². The van der Waals surface area contributed by atoms with Gasteiger partial charge in [-0.3, -0.25) is 14.6 Å². The van der Waals surface area contributed by atoms with E-state index in [1.165, 1.54) is 11.1 Å². The summed E-state index contributed by atoms with van der Waals surface area (Å²) in [5, 5.41) is 13.4. The molecule has 1 aliphatic heterocycles. The first-order valence-electron chi connectivity index (χ1n) is 11.2. The number of benzene rings is 2. The van der Waals surface area contributed by atoms with E-state index >= 15 is 0 Å². The van der Waals surface area contributed by atoms with Crippen LogP contribution in [0.5, 0.6) is 5.75 Å². The summed E-state index contributed by atoms with van der Waals surface area (Å²) in [7, 11) is 1.66. The fraction of sp³-hybridized carbons (Fsp3) is 0.480. The van der Waals surface area contributed by atoms with E-state index in [0.717, 1.165) is 51.2 Å². The summed E-state index contributed by atoms with van der Waals surface area (Å²) in [5.74, 6) is 0.941. The second-order valence-corrected chi connectivity index (χ2v) is 8.20. The predicted octanol–water partition coefficient (Wildman–Crippen LogP) is 1.97. The monoisotopic (exact) mass is 425 g/mol. The maximum absolute atomic E-state index is 12.2. The number of hydrogen-bond acceptors (Lipinski definition) is 5. The highest BCUT2D eigenvalue weighted by molar-refractivity contribution is 5.78. The van der Waals surface area contributed by atoms with E-state index in [0.29, 0.717) is 19.6 Å². The molecule has 1 aliphatic rings. The molecule has 0 radical (unpaired) electrons. The Labute approximate surface area is 185 Å². The Balaban J connectivity index is 1.27. The molecule has 1 amide bonds. The van der Waals surface area contributed by atoms with Crippen molar-refractivity contribution in [3.63, 3.8) is 0 Å². The van der Waals surface area contributed by atoms with Crippen LogP contribution in [0.4, 0.5) is 0 Å². The number of aliphatic hydroxyl groups excluding tert-OH is 1. The van der Waals surface area contributed by atoms with Crippen molar-refractivity contribution >= 4 is 5.91 Å². The minimum Gasteiger partial charge on any atom is -0.497 e. The van der Waals surface area contributed by atoms with Gasteiger partial charge in [0.15, 0.2) is 0 Å². The summed E-state index contributed by atoms with van der Waals surface area (Å²) in [6.45, 7) is 5.29. The number of hydrogen-bond donors (Lipinski definition) is 2. The van der Waals surface area contributed by atoms with Gasteiger partial charge in [0.25, 0.3) is 0 Å². The largest absolute Gasteiger partial charge is 0.497 e. The highest BCUT2D eigenvalue weighted by atomic mass is 16.5. The molecule has 6 heteroatoms. The third kappa shape index (κ3) is 8.32. The fourth-order valence-corrected chi connectivity index (χ4v) is 3.89. The van der Waals surface area contributed by atoms with Crippen LogP contribution in [0.2, 0.25) is 0 Å². The standard InChI is InChI=1S/C25H35N3O3/c1-31-24-11-8-22(9-12-24)7-10-23(29)19-27-15-17-28(18-16-27)20-25(30)26-14-13-21-5-3-2-4-6-21/h2-6,8-9,11-12,23,29H,7,10,13-20H2,1H3,(H,26,30). The normalized spacial score (nSPS) is 16.1. The smallest absolute Gasteiger partial charge is 0.234 e. The van der Waals surface area contributed by atoms with Crippen LogP contribution in [0.3, 0.4) is 0 Å². The lowest BCUT2D eigenvalue weighted by molar-refractivity contribution is -0.122. The van der Waals surface area contributed by atoms with Gasteiger partial charge in [-0.25, -0.2) is 0 Å². The van der Waals surface area contributed by atoms with Gasteiger partial charge in [-0.2, -0.15) is 0 Å². The Bertz CT molecular complexity index is 774. The number of nitrogens with zero attached hydrogens (tertiary/aromatic N) is 2. The third-order valence-corrected chi connectivity index (χ3v) is 5.81. The lowest BCUT2D eigenvalue weighted by atomic mass is 10.1. The number of amides is 1. The van der Waals surface area contributed by atoms with Crippen LogP contribution >= 0.6 is 0 Å². The van der Waals surface area contributed by atoms with Crippen LogP contribution in [0.1, 0.15) is 17.5 Å². The molecule has 0 spiro atoms. The molecule has 1 saturated heterocycles. The van der Waals surface area contributed by atoms with Gasteiger partial charge in [0.1, 0.15) is 5.75 Å². The Morgan fingerprint density at radius 3 is 2.29 bits per heavy atom. The zero-order chi connectivity index (χ0) is 21.9. The first-order chi connectivity index (χ1) is 15.1. The van der Waals surface area contributed by atoms with Crippen molar-refractivity contribution in [3.05, 3.63) is 65.7 Å². The van der Waals surface area contributed by atoms with Crippen molar-refractivity contribution in [2.24, 2.45) is 0 Å². The molecule has 0 aliphatic carbocycles. The number of piperazine rings is 1. The number of carbonyl (C=O) groups excluding carboxylic acids is 1. The van der Waals surface area contributed by atoms with Crippen molar-refractivity contribution in [1.29, 1.82) is 0 Å². The topological polar surface area (TPSA) is 65.0 Å². The van der Waals surface area contributed by atoms with Crippen molar-refractivity contribution < 1.29 is 14.6 Å². The van der Waals surface area contributed by atoms with Crippen molar-refractivity contribution in [1.82, 2.24) is 15.1 Å². The van der Waals surface area contributed by atoms with Crippen LogP contribution in [-0.4, -0.2) is 79.8 Å². The van der Waals surface area contributed by atoms with Gasteiger partial charge in [-0.05, 0) is 42.5 Å². The van der Waals surface area contributed by atoms with Crippen molar-refractivity contribution in [3.8, 4) is 5.75 Å². The molecule has 2 N–H and O–H groups in total. The quantitative estimate of drug-likeness (QED) is 0.576. The number of aliphatic hydroxyl groups is 1. The molecule has 6 nitrogen and oxygen atoms in total. The van der Waals surface area contributed by atoms with Crippen LogP contribution in [0.25, 0.3) is 0 Å². The first-order valence-corrected chi connectivity index (χ1v) is 11.2. The average molecular weight is 426 g/mol. The molecule has 2 aromatic carbocycles. The van der Waals surface area contributed by atoms with Crippen LogP contribution in [-0.2, 0) is 17.6 Å². The molecule has 2 aromatic rings. The number of methoxy groups -OCH3 is 1. The van der Waals surface area contributed by atoms with E-state index in [4.69, 9.17) is 4.74 Å². The Morgan fingerprint density at radius 2 is 1.61 bits per heavy atom. The van der Waals surface area contributed by atoms with Gasteiger partial charge in [-0.1, -0.05) is 42.5 Å². The average Bonchev–Trinajstić information content (AvgIpc) is 2.80. The second kappa shape index (κ2) is 12.4. The van der Waals surface area contributed by atoms with E-state index in [1.54, 1.807) is 7.11 Å². The number of ether oxygens (including phenoxy) is 1. The highest BCUT2D eigenvalue weighted by Gasteiger charge is 2.20. The molecule has 1 heterocycles. The molecular formula is C25H35N3O3. The minimum absolute atomic E-state index is 0.0870.